The van der Waals surface area contributed by atoms with Gasteiger partial charge in [-0.1, -0.05) is 11.6 Å². The monoisotopic (exact) mass is 264 g/mol. The molecule has 0 bridgehead atoms. The molecule has 0 N–H and O–H groups in total. The van der Waals surface area contributed by atoms with Crippen molar-refractivity contribution in [2.24, 2.45) is 7.05 Å². The van der Waals surface area contributed by atoms with Gasteiger partial charge in [0.25, 0.3) is 0 Å². The number of Topliss-reactive ketones (excluding diaryl/α,β-unsaturated/α-hetero) is 1. The first-order valence-corrected chi connectivity index (χ1v) is 5.83. The SMILES string of the molecule is COc1ccc(Cl)cc1C(=O)Cc1ccn(C)n1. The number of carbonyl (C=O) groups is 1. The van der Waals surface area contributed by atoms with Crippen LogP contribution in [0.1, 0.15) is 16.1 Å². The van der Waals surface area contributed by atoms with Crippen LogP contribution in [0.5, 0.6) is 5.75 Å². The molecular formula is C13H13ClN2O2. The highest BCUT2D eigenvalue weighted by Gasteiger charge is 2.14. The second kappa shape index (κ2) is 5.23. The first-order valence-electron chi connectivity index (χ1n) is 5.45. The second-order valence-electron chi connectivity index (χ2n) is 3.93. The zero-order valence-corrected chi connectivity index (χ0v) is 10.9. The van der Waals surface area contributed by atoms with E-state index in [4.69, 9.17) is 16.3 Å². The van der Waals surface area contributed by atoms with E-state index in [0.717, 1.165) is 5.69 Å². The van der Waals surface area contributed by atoms with Crippen molar-refractivity contribution in [3.05, 3.63) is 46.7 Å². The molecule has 0 saturated heterocycles. The summed E-state index contributed by atoms with van der Waals surface area (Å²) in [7, 11) is 3.34. The van der Waals surface area contributed by atoms with Crippen LogP contribution in [0.15, 0.2) is 30.5 Å². The van der Waals surface area contributed by atoms with Crippen LogP contribution in [0.4, 0.5) is 0 Å². The van der Waals surface area contributed by atoms with Crippen LogP contribution in [0.2, 0.25) is 5.02 Å². The summed E-state index contributed by atoms with van der Waals surface area (Å²) in [4.78, 5) is 12.2. The number of carbonyl (C=O) groups excluding carboxylic acids is 1. The molecule has 1 heterocycles. The molecule has 0 fully saturated rings. The van der Waals surface area contributed by atoms with Crippen molar-refractivity contribution >= 4 is 17.4 Å². The lowest BCUT2D eigenvalue weighted by Crippen LogP contribution is -2.06. The number of hydrogen-bond donors (Lipinski definition) is 0. The van der Waals surface area contributed by atoms with Gasteiger partial charge >= 0.3 is 0 Å². The largest absolute Gasteiger partial charge is 0.496 e. The molecule has 18 heavy (non-hydrogen) atoms. The second-order valence-corrected chi connectivity index (χ2v) is 4.36. The van der Waals surface area contributed by atoms with Crippen molar-refractivity contribution in [2.45, 2.75) is 6.42 Å². The minimum absolute atomic E-state index is 0.0620. The third kappa shape index (κ3) is 2.71. The van der Waals surface area contributed by atoms with Gasteiger partial charge in [-0.2, -0.15) is 5.10 Å². The summed E-state index contributed by atoms with van der Waals surface area (Å²) < 4.78 is 6.82. The molecule has 2 rings (SSSR count). The summed E-state index contributed by atoms with van der Waals surface area (Å²) in [6.45, 7) is 0. The zero-order chi connectivity index (χ0) is 13.1. The highest BCUT2D eigenvalue weighted by atomic mass is 35.5. The van der Waals surface area contributed by atoms with E-state index in [1.165, 1.54) is 7.11 Å². The maximum atomic E-state index is 12.2. The number of rotatable bonds is 4. The first kappa shape index (κ1) is 12.6. The Morgan fingerprint density at radius 2 is 2.22 bits per heavy atom. The zero-order valence-electron chi connectivity index (χ0n) is 10.2. The Morgan fingerprint density at radius 3 is 2.83 bits per heavy atom. The number of nitrogens with zero attached hydrogens (tertiary/aromatic N) is 2. The lowest BCUT2D eigenvalue weighted by molar-refractivity contribution is 0.0989. The number of methoxy groups -OCH3 is 1. The Kier molecular flexibility index (Phi) is 3.67. The minimum Gasteiger partial charge on any atom is -0.496 e. The number of hydrogen-bond acceptors (Lipinski definition) is 3. The van der Waals surface area contributed by atoms with E-state index in [9.17, 15) is 4.79 Å². The molecule has 1 aromatic carbocycles. The fourth-order valence-electron chi connectivity index (χ4n) is 1.72. The molecule has 0 unspecified atom stereocenters. The van der Waals surface area contributed by atoms with Crippen molar-refractivity contribution < 1.29 is 9.53 Å². The molecule has 2 aromatic rings. The number of ketones is 1. The smallest absolute Gasteiger partial charge is 0.172 e. The van der Waals surface area contributed by atoms with Crippen LogP contribution in [-0.2, 0) is 13.5 Å². The number of ether oxygens (including phenoxy) is 1. The predicted molar refractivity (Wildman–Crippen MR) is 69.2 cm³/mol. The molecular weight excluding hydrogens is 252 g/mol. The van der Waals surface area contributed by atoms with Crippen LogP contribution in [0.25, 0.3) is 0 Å². The summed E-state index contributed by atoms with van der Waals surface area (Å²) in [5.41, 5.74) is 1.21. The Labute approximate surface area is 110 Å². The van der Waals surface area contributed by atoms with Crippen molar-refractivity contribution in [3.8, 4) is 5.75 Å². The Bertz CT molecular complexity index is 578. The molecule has 1 aromatic heterocycles. The van der Waals surface area contributed by atoms with Crippen LogP contribution in [0.3, 0.4) is 0 Å². The van der Waals surface area contributed by atoms with Crippen LogP contribution in [-0.4, -0.2) is 22.7 Å². The Hall–Kier alpha value is -1.81. The van der Waals surface area contributed by atoms with E-state index in [2.05, 4.69) is 5.10 Å². The number of halogens is 1. The third-order valence-corrected chi connectivity index (χ3v) is 2.81. The predicted octanol–water partition coefficient (Wildman–Crippen LogP) is 2.51. The van der Waals surface area contributed by atoms with Crippen molar-refractivity contribution in [2.75, 3.05) is 7.11 Å². The van der Waals surface area contributed by atoms with Crippen LogP contribution < -0.4 is 4.74 Å². The Balaban J connectivity index is 2.25. The number of aryl methyl sites for hydroxylation is 1. The molecule has 0 radical (unpaired) electrons. The molecule has 0 spiro atoms. The van der Waals surface area contributed by atoms with Crippen molar-refractivity contribution in [1.82, 2.24) is 9.78 Å². The topological polar surface area (TPSA) is 44.1 Å². The molecule has 0 aliphatic carbocycles. The molecule has 5 heteroatoms. The van der Waals surface area contributed by atoms with Gasteiger partial charge in [0.1, 0.15) is 5.75 Å². The summed E-state index contributed by atoms with van der Waals surface area (Å²) >= 11 is 5.90. The lowest BCUT2D eigenvalue weighted by atomic mass is 10.1. The Morgan fingerprint density at radius 1 is 1.44 bits per heavy atom. The van der Waals surface area contributed by atoms with Gasteiger partial charge in [-0.25, -0.2) is 0 Å². The molecule has 0 atom stereocenters. The fourth-order valence-corrected chi connectivity index (χ4v) is 1.89. The average molecular weight is 265 g/mol. The highest BCUT2D eigenvalue weighted by molar-refractivity contribution is 6.31. The van der Waals surface area contributed by atoms with E-state index in [1.54, 1.807) is 29.1 Å². The average Bonchev–Trinajstić information content (AvgIpc) is 2.74. The quantitative estimate of drug-likeness (QED) is 0.797. The summed E-state index contributed by atoms with van der Waals surface area (Å²) in [6, 6.07) is 6.81. The van der Waals surface area contributed by atoms with E-state index in [0.29, 0.717) is 16.3 Å². The van der Waals surface area contributed by atoms with Gasteiger partial charge in [0.05, 0.1) is 24.8 Å². The fraction of sp³-hybridized carbons (Fsp3) is 0.231. The number of aromatic nitrogens is 2. The molecule has 0 saturated carbocycles. The molecule has 94 valence electrons. The van der Waals surface area contributed by atoms with Crippen molar-refractivity contribution in [1.29, 1.82) is 0 Å². The summed E-state index contributed by atoms with van der Waals surface area (Å²) in [5.74, 6) is 0.466. The summed E-state index contributed by atoms with van der Waals surface area (Å²) in [6.07, 6.45) is 2.04. The minimum atomic E-state index is -0.0620. The van der Waals surface area contributed by atoms with E-state index < -0.39 is 0 Å². The van der Waals surface area contributed by atoms with E-state index in [1.807, 2.05) is 13.1 Å². The van der Waals surface area contributed by atoms with Gasteiger partial charge in [0.2, 0.25) is 0 Å². The first-order chi connectivity index (χ1) is 8.60. The van der Waals surface area contributed by atoms with E-state index >= 15 is 0 Å². The maximum absolute atomic E-state index is 12.2. The molecule has 0 aliphatic rings. The molecule has 0 amide bonds. The van der Waals surface area contributed by atoms with Gasteiger partial charge < -0.3 is 4.74 Å². The lowest BCUT2D eigenvalue weighted by Gasteiger charge is -2.07. The highest BCUT2D eigenvalue weighted by Crippen LogP contribution is 2.23. The van der Waals surface area contributed by atoms with Crippen LogP contribution >= 0.6 is 11.6 Å². The van der Waals surface area contributed by atoms with Gasteiger partial charge in [-0.05, 0) is 24.3 Å². The van der Waals surface area contributed by atoms with Gasteiger partial charge in [-0.3, -0.25) is 9.48 Å². The number of benzene rings is 1. The normalized spacial score (nSPS) is 10.4. The third-order valence-electron chi connectivity index (χ3n) is 2.57. The summed E-state index contributed by atoms with van der Waals surface area (Å²) in [5, 5.41) is 4.69. The van der Waals surface area contributed by atoms with Crippen molar-refractivity contribution in [3.63, 3.8) is 0 Å². The van der Waals surface area contributed by atoms with Gasteiger partial charge in [0.15, 0.2) is 5.78 Å². The standard InChI is InChI=1S/C13H13ClN2O2/c1-16-6-5-10(15-16)8-12(17)11-7-9(14)3-4-13(11)18-2/h3-7H,8H2,1-2H3. The van der Waals surface area contributed by atoms with Gasteiger partial charge in [-0.15, -0.1) is 0 Å². The van der Waals surface area contributed by atoms with E-state index in [-0.39, 0.29) is 12.2 Å². The van der Waals surface area contributed by atoms with Gasteiger partial charge in [0, 0.05) is 18.3 Å². The molecule has 4 nitrogen and oxygen atoms in total. The van der Waals surface area contributed by atoms with Crippen LogP contribution in [0, 0.1) is 0 Å². The maximum Gasteiger partial charge on any atom is 0.172 e. The molecule has 0 aliphatic heterocycles.